The van der Waals surface area contributed by atoms with Crippen LogP contribution in [-0.4, -0.2) is 35.0 Å². The molecule has 3 aromatic rings. The molecule has 4 heterocycles. The molecule has 0 N–H and O–H groups in total. The van der Waals surface area contributed by atoms with Crippen molar-refractivity contribution in [2.45, 2.75) is 25.2 Å². The van der Waals surface area contributed by atoms with Crippen molar-refractivity contribution in [3.05, 3.63) is 29.6 Å². The molecule has 3 aromatic heterocycles. The molecule has 0 aromatic carbocycles. The summed E-state index contributed by atoms with van der Waals surface area (Å²) in [4.78, 5) is 8.97. The monoisotopic (exact) mass is 361 g/mol. The molecule has 24 heavy (non-hydrogen) atoms. The van der Waals surface area contributed by atoms with Crippen molar-refractivity contribution in [2.24, 2.45) is 5.41 Å². The number of pyridine rings is 1. The van der Waals surface area contributed by atoms with Gasteiger partial charge in [0.2, 0.25) is 11.7 Å². The van der Waals surface area contributed by atoms with Crippen LogP contribution in [0.5, 0.6) is 0 Å². The maximum absolute atomic E-state index is 11.6. The third kappa shape index (κ3) is 2.28. The average molecular weight is 361 g/mol. The second-order valence-corrected chi connectivity index (χ2v) is 10.0. The number of fused-ring (bicyclic) bond motifs is 1. The normalized spacial score (nSPS) is 24.4. The Labute approximate surface area is 142 Å². The highest BCUT2D eigenvalue weighted by atomic mass is 32.2. The summed E-state index contributed by atoms with van der Waals surface area (Å²) >= 11 is 1.63. The first kappa shape index (κ1) is 14.5. The minimum atomic E-state index is -2.85. The van der Waals surface area contributed by atoms with Gasteiger partial charge in [0.05, 0.1) is 21.7 Å². The molecule has 1 saturated heterocycles. The van der Waals surface area contributed by atoms with Gasteiger partial charge >= 0.3 is 0 Å². The van der Waals surface area contributed by atoms with Crippen molar-refractivity contribution < 1.29 is 12.9 Å². The Kier molecular flexibility index (Phi) is 2.94. The van der Waals surface area contributed by atoms with Crippen LogP contribution >= 0.6 is 11.3 Å². The first-order valence-electron chi connectivity index (χ1n) is 7.92. The average Bonchev–Trinajstić information content (AvgIpc) is 2.95. The molecular weight excluding hydrogens is 346 g/mol. The zero-order valence-corrected chi connectivity index (χ0v) is 14.4. The molecule has 1 atom stereocenters. The summed E-state index contributed by atoms with van der Waals surface area (Å²) in [5, 5.41) is 6.11. The van der Waals surface area contributed by atoms with E-state index in [0.717, 1.165) is 22.2 Å². The van der Waals surface area contributed by atoms with E-state index in [1.807, 2.05) is 17.5 Å². The van der Waals surface area contributed by atoms with E-state index in [4.69, 9.17) is 4.52 Å². The highest BCUT2D eigenvalue weighted by Crippen LogP contribution is 2.64. The zero-order valence-electron chi connectivity index (χ0n) is 12.8. The SMILES string of the molecule is O=S1(=O)CCC2(CC1)CC2c1nc(-c2cnc3ccsc3c2)no1. The molecule has 1 saturated carbocycles. The first-order valence-corrected chi connectivity index (χ1v) is 10.6. The molecule has 0 amide bonds. The van der Waals surface area contributed by atoms with Gasteiger partial charge in [0, 0.05) is 17.7 Å². The number of sulfone groups is 1. The van der Waals surface area contributed by atoms with Crippen molar-refractivity contribution in [2.75, 3.05) is 11.5 Å². The van der Waals surface area contributed by atoms with Crippen molar-refractivity contribution in [1.29, 1.82) is 0 Å². The van der Waals surface area contributed by atoms with E-state index in [1.165, 1.54) is 0 Å². The van der Waals surface area contributed by atoms with Gasteiger partial charge in [-0.05, 0) is 42.2 Å². The lowest BCUT2D eigenvalue weighted by atomic mass is 9.96. The third-order valence-electron chi connectivity index (χ3n) is 5.31. The molecule has 1 spiro atoms. The minimum absolute atomic E-state index is 0.0606. The number of nitrogens with zero attached hydrogens (tertiary/aromatic N) is 3. The lowest BCUT2D eigenvalue weighted by Crippen LogP contribution is -2.25. The van der Waals surface area contributed by atoms with Gasteiger partial charge < -0.3 is 4.52 Å². The third-order valence-corrected chi connectivity index (χ3v) is 7.82. The Bertz CT molecular complexity index is 1020. The fraction of sp³-hybridized carbons (Fsp3) is 0.438. The molecule has 8 heteroatoms. The fourth-order valence-electron chi connectivity index (χ4n) is 3.66. The van der Waals surface area contributed by atoms with Crippen LogP contribution in [0.2, 0.25) is 0 Å². The van der Waals surface area contributed by atoms with E-state index in [2.05, 4.69) is 15.1 Å². The van der Waals surface area contributed by atoms with E-state index in [1.54, 1.807) is 17.5 Å². The zero-order chi connectivity index (χ0) is 16.4. The second-order valence-electron chi connectivity index (χ2n) is 6.76. The Morgan fingerprint density at radius 3 is 2.96 bits per heavy atom. The smallest absolute Gasteiger partial charge is 0.230 e. The van der Waals surface area contributed by atoms with Crippen LogP contribution in [0.25, 0.3) is 21.6 Å². The lowest BCUT2D eigenvalue weighted by molar-refractivity contribution is 0.348. The quantitative estimate of drug-likeness (QED) is 0.697. The van der Waals surface area contributed by atoms with E-state index in [9.17, 15) is 8.42 Å². The summed E-state index contributed by atoms with van der Waals surface area (Å²) in [6.45, 7) is 0. The summed E-state index contributed by atoms with van der Waals surface area (Å²) in [6, 6.07) is 4.01. The topological polar surface area (TPSA) is 86.0 Å². The predicted octanol–water partition coefficient (Wildman–Crippen LogP) is 3.03. The van der Waals surface area contributed by atoms with Gasteiger partial charge in [-0.2, -0.15) is 4.98 Å². The van der Waals surface area contributed by atoms with Crippen LogP contribution in [0.4, 0.5) is 0 Å². The number of rotatable bonds is 2. The lowest BCUT2D eigenvalue weighted by Gasteiger charge is -2.21. The van der Waals surface area contributed by atoms with E-state index < -0.39 is 9.84 Å². The van der Waals surface area contributed by atoms with Gasteiger partial charge in [0.1, 0.15) is 9.84 Å². The number of thiophene rings is 1. The summed E-state index contributed by atoms with van der Waals surface area (Å²) < 4.78 is 29.8. The van der Waals surface area contributed by atoms with Crippen molar-refractivity contribution in [3.8, 4) is 11.4 Å². The van der Waals surface area contributed by atoms with Crippen molar-refractivity contribution in [1.82, 2.24) is 15.1 Å². The molecule has 2 fully saturated rings. The van der Waals surface area contributed by atoms with Crippen molar-refractivity contribution in [3.63, 3.8) is 0 Å². The summed E-state index contributed by atoms with van der Waals surface area (Å²) in [7, 11) is -2.85. The van der Waals surface area contributed by atoms with Crippen LogP contribution in [0.1, 0.15) is 31.1 Å². The maximum atomic E-state index is 11.6. The van der Waals surface area contributed by atoms with Gasteiger partial charge in [0.15, 0.2) is 0 Å². The largest absolute Gasteiger partial charge is 0.339 e. The standard InChI is InChI=1S/C16H15N3O3S2/c20-24(21)5-2-16(3-6-24)8-11(16)15-18-14(19-22-15)10-7-13-12(17-9-10)1-4-23-13/h1,4,7,9,11H,2-3,5-6,8H2. The van der Waals surface area contributed by atoms with Gasteiger partial charge in [-0.1, -0.05) is 5.16 Å². The maximum Gasteiger partial charge on any atom is 0.230 e. The molecule has 0 bridgehead atoms. The minimum Gasteiger partial charge on any atom is -0.339 e. The molecule has 6 nitrogen and oxygen atoms in total. The van der Waals surface area contributed by atoms with Crippen LogP contribution < -0.4 is 0 Å². The second kappa shape index (κ2) is 4.86. The molecule has 124 valence electrons. The highest BCUT2D eigenvalue weighted by molar-refractivity contribution is 7.91. The van der Waals surface area contributed by atoms with Crippen molar-refractivity contribution >= 4 is 31.4 Å². The van der Waals surface area contributed by atoms with E-state index in [0.29, 0.717) is 24.6 Å². The number of aromatic nitrogens is 3. The van der Waals surface area contributed by atoms with Gasteiger partial charge in [0.25, 0.3) is 0 Å². The van der Waals surface area contributed by atoms with Crippen LogP contribution in [0, 0.1) is 5.41 Å². The predicted molar refractivity (Wildman–Crippen MR) is 90.6 cm³/mol. The van der Waals surface area contributed by atoms with Gasteiger partial charge in [-0.25, -0.2) is 8.42 Å². The van der Waals surface area contributed by atoms with Gasteiger partial charge in [-0.3, -0.25) is 4.98 Å². The summed E-state index contributed by atoms with van der Waals surface area (Å²) in [5.74, 6) is 1.95. The Morgan fingerprint density at radius 1 is 1.29 bits per heavy atom. The number of hydrogen-bond donors (Lipinski definition) is 0. The molecular formula is C16H15N3O3S2. The molecule has 0 radical (unpaired) electrons. The Morgan fingerprint density at radius 2 is 2.12 bits per heavy atom. The van der Waals surface area contributed by atoms with E-state index >= 15 is 0 Å². The molecule has 1 aliphatic heterocycles. The summed E-state index contributed by atoms with van der Waals surface area (Å²) in [6.07, 6.45) is 4.13. The first-order chi connectivity index (χ1) is 11.5. The Balaban J connectivity index is 1.40. The molecule has 5 rings (SSSR count). The molecule has 1 aliphatic carbocycles. The van der Waals surface area contributed by atoms with Gasteiger partial charge in [-0.15, -0.1) is 11.3 Å². The summed E-state index contributed by atoms with van der Waals surface area (Å²) in [5.41, 5.74) is 1.88. The van der Waals surface area contributed by atoms with E-state index in [-0.39, 0.29) is 22.8 Å². The highest BCUT2D eigenvalue weighted by Gasteiger charge is 2.59. The van der Waals surface area contributed by atoms with Crippen LogP contribution in [0.15, 0.2) is 28.2 Å². The van der Waals surface area contributed by atoms with Crippen LogP contribution in [-0.2, 0) is 9.84 Å². The molecule has 1 unspecified atom stereocenters. The number of hydrogen-bond acceptors (Lipinski definition) is 7. The van der Waals surface area contributed by atoms with Crippen LogP contribution in [0.3, 0.4) is 0 Å². The fourth-order valence-corrected chi connectivity index (χ4v) is 6.08. The Hall–Kier alpha value is -1.80. The molecule has 2 aliphatic rings.